The Morgan fingerprint density at radius 3 is 2.39 bits per heavy atom. The predicted molar refractivity (Wildman–Crippen MR) is 128 cm³/mol. The summed E-state index contributed by atoms with van der Waals surface area (Å²) in [4.78, 5) is 17.4. The highest BCUT2D eigenvalue weighted by atomic mass is 35.5. The summed E-state index contributed by atoms with van der Waals surface area (Å²) in [5.41, 5.74) is 4.74. The molecule has 1 fully saturated rings. The molecule has 6 heteroatoms. The molecule has 0 unspecified atom stereocenters. The molecule has 1 aliphatic rings. The lowest BCUT2D eigenvalue weighted by Gasteiger charge is -2.34. The number of hydrogen-bond donors (Lipinski definition) is 1. The second-order valence-electron chi connectivity index (χ2n) is 8.07. The third-order valence-electron chi connectivity index (χ3n) is 6.07. The van der Waals surface area contributed by atoms with Crippen molar-refractivity contribution in [1.82, 2.24) is 19.9 Å². The number of H-pyrrole nitrogens is 1. The van der Waals surface area contributed by atoms with E-state index in [0.717, 1.165) is 61.2 Å². The van der Waals surface area contributed by atoms with Crippen molar-refractivity contribution in [3.05, 3.63) is 77.7 Å². The lowest BCUT2D eigenvalue weighted by molar-refractivity contribution is 0.254. The maximum Gasteiger partial charge on any atom is 0.225 e. The lowest BCUT2D eigenvalue weighted by Crippen LogP contribution is -2.47. The van der Waals surface area contributed by atoms with Crippen molar-refractivity contribution in [3.63, 3.8) is 0 Å². The summed E-state index contributed by atoms with van der Waals surface area (Å²) in [7, 11) is 0. The van der Waals surface area contributed by atoms with E-state index in [1.165, 1.54) is 22.9 Å². The normalized spacial score (nSPS) is 14.9. The Balaban J connectivity index is 1.11. The molecule has 0 atom stereocenters. The number of nitrogens with zero attached hydrogens (tertiary/aromatic N) is 4. The summed E-state index contributed by atoms with van der Waals surface area (Å²) < 4.78 is 0. The molecule has 31 heavy (non-hydrogen) atoms. The van der Waals surface area contributed by atoms with Crippen molar-refractivity contribution < 1.29 is 0 Å². The zero-order valence-electron chi connectivity index (χ0n) is 17.5. The minimum Gasteiger partial charge on any atom is -0.361 e. The summed E-state index contributed by atoms with van der Waals surface area (Å²) in [5, 5.41) is 2.09. The van der Waals surface area contributed by atoms with E-state index >= 15 is 0 Å². The van der Waals surface area contributed by atoms with Gasteiger partial charge in [0.25, 0.3) is 0 Å². The standard InChI is InChI=1S/C25H26ClN5/c26-22-9-7-19(8-10-22)21-17-28-25(29-18-21)31-14-12-30(13-15-31)11-3-4-20-16-27-24-6-2-1-5-23(20)24/h1-2,5-10,16-18,27H,3-4,11-15H2. The van der Waals surface area contributed by atoms with Gasteiger partial charge in [0.2, 0.25) is 5.95 Å². The number of halogens is 1. The molecule has 0 saturated carbocycles. The highest BCUT2D eigenvalue weighted by molar-refractivity contribution is 6.30. The molecule has 4 aromatic rings. The quantitative estimate of drug-likeness (QED) is 0.465. The molecule has 1 aliphatic heterocycles. The van der Waals surface area contributed by atoms with Gasteiger partial charge in [-0.25, -0.2) is 9.97 Å². The highest BCUT2D eigenvalue weighted by Gasteiger charge is 2.18. The number of benzene rings is 2. The van der Waals surface area contributed by atoms with Gasteiger partial charge in [0.1, 0.15) is 0 Å². The van der Waals surface area contributed by atoms with Gasteiger partial charge in [0.15, 0.2) is 0 Å². The molecule has 0 amide bonds. The predicted octanol–water partition coefficient (Wildman–Crippen LogP) is 5.03. The Bertz CT molecular complexity index is 1130. The monoisotopic (exact) mass is 431 g/mol. The average Bonchev–Trinajstić information content (AvgIpc) is 3.23. The van der Waals surface area contributed by atoms with Gasteiger partial charge in [0.05, 0.1) is 0 Å². The first-order valence-corrected chi connectivity index (χ1v) is 11.2. The Kier molecular flexibility index (Phi) is 5.87. The number of aromatic nitrogens is 3. The van der Waals surface area contributed by atoms with Gasteiger partial charge in [-0.15, -0.1) is 0 Å². The fourth-order valence-corrected chi connectivity index (χ4v) is 4.40. The van der Waals surface area contributed by atoms with Gasteiger partial charge in [0, 0.05) is 66.3 Å². The van der Waals surface area contributed by atoms with Crippen molar-refractivity contribution in [3.8, 4) is 11.1 Å². The fraction of sp³-hybridized carbons (Fsp3) is 0.280. The van der Waals surface area contributed by atoms with Crippen molar-refractivity contribution >= 4 is 28.5 Å². The number of para-hydroxylation sites is 1. The fourth-order valence-electron chi connectivity index (χ4n) is 4.28. The van der Waals surface area contributed by atoms with E-state index in [-0.39, 0.29) is 0 Å². The van der Waals surface area contributed by atoms with Crippen LogP contribution in [-0.2, 0) is 6.42 Å². The van der Waals surface area contributed by atoms with Crippen LogP contribution in [0.5, 0.6) is 0 Å². The van der Waals surface area contributed by atoms with E-state index in [9.17, 15) is 0 Å². The average molecular weight is 432 g/mol. The SMILES string of the molecule is Clc1ccc(-c2cnc(N3CCN(CCCc4c[nH]c5ccccc45)CC3)nc2)cc1. The lowest BCUT2D eigenvalue weighted by atomic mass is 10.1. The number of nitrogens with one attached hydrogen (secondary N) is 1. The van der Waals surface area contributed by atoms with E-state index in [1.54, 1.807) is 0 Å². The first-order valence-electron chi connectivity index (χ1n) is 10.9. The van der Waals surface area contributed by atoms with Gasteiger partial charge in [-0.1, -0.05) is 41.9 Å². The van der Waals surface area contributed by atoms with Crippen LogP contribution in [0.25, 0.3) is 22.0 Å². The van der Waals surface area contributed by atoms with Gasteiger partial charge < -0.3 is 9.88 Å². The van der Waals surface area contributed by atoms with Crippen LogP contribution in [-0.4, -0.2) is 52.6 Å². The molecule has 0 radical (unpaired) electrons. The van der Waals surface area contributed by atoms with Crippen molar-refractivity contribution in [2.24, 2.45) is 0 Å². The Hall–Kier alpha value is -2.89. The van der Waals surface area contributed by atoms with Crippen LogP contribution >= 0.6 is 11.6 Å². The summed E-state index contributed by atoms with van der Waals surface area (Å²) in [6, 6.07) is 16.3. The van der Waals surface area contributed by atoms with Crippen molar-refractivity contribution in [2.75, 3.05) is 37.6 Å². The molecule has 0 spiro atoms. The Labute approximate surface area is 187 Å². The minimum atomic E-state index is 0.737. The number of hydrogen-bond acceptors (Lipinski definition) is 4. The first-order chi connectivity index (χ1) is 15.3. The summed E-state index contributed by atoms with van der Waals surface area (Å²) in [6.45, 7) is 5.16. The van der Waals surface area contributed by atoms with E-state index in [4.69, 9.17) is 11.6 Å². The largest absolute Gasteiger partial charge is 0.361 e. The Morgan fingerprint density at radius 1 is 0.871 bits per heavy atom. The van der Waals surface area contributed by atoms with Crippen molar-refractivity contribution in [2.45, 2.75) is 12.8 Å². The van der Waals surface area contributed by atoms with E-state index in [1.807, 2.05) is 36.7 Å². The number of aromatic amines is 1. The van der Waals surface area contributed by atoms with Crippen LogP contribution in [0.3, 0.4) is 0 Å². The summed E-state index contributed by atoms with van der Waals surface area (Å²) >= 11 is 5.98. The maximum atomic E-state index is 5.98. The minimum absolute atomic E-state index is 0.737. The molecule has 158 valence electrons. The van der Waals surface area contributed by atoms with E-state index < -0.39 is 0 Å². The smallest absolute Gasteiger partial charge is 0.225 e. The summed E-state index contributed by atoms with van der Waals surface area (Å²) in [6.07, 6.45) is 8.25. The topological polar surface area (TPSA) is 48.1 Å². The molecule has 1 N–H and O–H groups in total. The van der Waals surface area contributed by atoms with E-state index in [0.29, 0.717) is 0 Å². The van der Waals surface area contributed by atoms with Gasteiger partial charge in [-0.2, -0.15) is 0 Å². The number of aryl methyl sites for hydroxylation is 1. The van der Waals surface area contributed by atoms with Gasteiger partial charge in [-0.3, -0.25) is 4.90 Å². The summed E-state index contributed by atoms with van der Waals surface area (Å²) in [5.74, 6) is 0.816. The molecule has 3 heterocycles. The van der Waals surface area contributed by atoms with E-state index in [2.05, 4.69) is 55.2 Å². The zero-order chi connectivity index (χ0) is 21.0. The Morgan fingerprint density at radius 2 is 1.61 bits per heavy atom. The van der Waals surface area contributed by atoms with Gasteiger partial charge in [-0.05, 0) is 48.7 Å². The van der Waals surface area contributed by atoms with Crippen LogP contribution in [0.1, 0.15) is 12.0 Å². The van der Waals surface area contributed by atoms with Gasteiger partial charge >= 0.3 is 0 Å². The molecule has 2 aromatic heterocycles. The van der Waals surface area contributed by atoms with Crippen LogP contribution in [0.15, 0.2) is 67.1 Å². The molecule has 0 aliphatic carbocycles. The van der Waals surface area contributed by atoms with Crippen LogP contribution in [0, 0.1) is 0 Å². The third kappa shape index (κ3) is 4.58. The number of piperazine rings is 1. The zero-order valence-corrected chi connectivity index (χ0v) is 18.2. The van der Waals surface area contributed by atoms with Crippen LogP contribution in [0.4, 0.5) is 5.95 Å². The van der Waals surface area contributed by atoms with Crippen LogP contribution < -0.4 is 4.90 Å². The van der Waals surface area contributed by atoms with Crippen LogP contribution in [0.2, 0.25) is 5.02 Å². The molecular formula is C25H26ClN5. The highest BCUT2D eigenvalue weighted by Crippen LogP contribution is 2.22. The number of rotatable bonds is 6. The molecule has 1 saturated heterocycles. The first kappa shape index (κ1) is 20.0. The second-order valence-corrected chi connectivity index (χ2v) is 8.51. The molecule has 2 aromatic carbocycles. The molecule has 5 rings (SSSR count). The number of anilines is 1. The maximum absolute atomic E-state index is 5.98. The second kappa shape index (κ2) is 9.08. The number of fused-ring (bicyclic) bond motifs is 1. The molecule has 0 bridgehead atoms. The van der Waals surface area contributed by atoms with Crippen molar-refractivity contribution in [1.29, 1.82) is 0 Å². The third-order valence-corrected chi connectivity index (χ3v) is 6.32. The molecule has 5 nitrogen and oxygen atoms in total. The molecular weight excluding hydrogens is 406 g/mol.